The van der Waals surface area contributed by atoms with Crippen LogP contribution >= 0.6 is 0 Å². The second-order valence-electron chi connectivity index (χ2n) is 5.61. The highest BCUT2D eigenvalue weighted by atomic mass is 16.6. The van der Waals surface area contributed by atoms with Crippen molar-refractivity contribution in [2.24, 2.45) is 0 Å². The SMILES string of the molecule is Cc1c(NC(=O)c2cnn(-c3ccc([N+](=O)[O-])cc3)c2)cccc1[N+](=O)[O-]. The van der Waals surface area contributed by atoms with Crippen molar-refractivity contribution in [2.75, 3.05) is 5.32 Å². The van der Waals surface area contributed by atoms with Gasteiger partial charge in [0.15, 0.2) is 0 Å². The van der Waals surface area contributed by atoms with Gasteiger partial charge in [-0.2, -0.15) is 5.10 Å². The third-order valence-electron chi connectivity index (χ3n) is 3.92. The van der Waals surface area contributed by atoms with E-state index < -0.39 is 15.8 Å². The average Bonchev–Trinajstić information content (AvgIpc) is 3.13. The Morgan fingerprint density at radius 2 is 1.78 bits per heavy atom. The molecule has 10 nitrogen and oxygen atoms in total. The first kappa shape index (κ1) is 17.7. The van der Waals surface area contributed by atoms with Crippen molar-refractivity contribution in [3.63, 3.8) is 0 Å². The van der Waals surface area contributed by atoms with Gasteiger partial charge >= 0.3 is 0 Å². The van der Waals surface area contributed by atoms with Crippen molar-refractivity contribution < 1.29 is 14.6 Å². The van der Waals surface area contributed by atoms with Crippen molar-refractivity contribution in [1.82, 2.24) is 9.78 Å². The summed E-state index contributed by atoms with van der Waals surface area (Å²) in [5.41, 5.74) is 1.32. The second-order valence-corrected chi connectivity index (χ2v) is 5.61. The minimum atomic E-state index is -0.516. The smallest absolute Gasteiger partial charge is 0.274 e. The largest absolute Gasteiger partial charge is 0.321 e. The Morgan fingerprint density at radius 1 is 1.07 bits per heavy atom. The minimum Gasteiger partial charge on any atom is -0.321 e. The van der Waals surface area contributed by atoms with Crippen LogP contribution in [-0.2, 0) is 0 Å². The predicted octanol–water partition coefficient (Wildman–Crippen LogP) is 3.25. The molecule has 3 aromatic rings. The van der Waals surface area contributed by atoms with E-state index in [-0.39, 0.29) is 16.9 Å². The molecule has 0 aliphatic carbocycles. The van der Waals surface area contributed by atoms with E-state index in [1.807, 2.05) is 0 Å². The number of hydrogen-bond acceptors (Lipinski definition) is 6. The Hall–Kier alpha value is -4.08. The molecule has 2 aromatic carbocycles. The van der Waals surface area contributed by atoms with Crippen LogP contribution in [0.15, 0.2) is 54.9 Å². The Kier molecular flexibility index (Phi) is 4.62. The molecular weight excluding hydrogens is 354 g/mol. The Bertz CT molecular complexity index is 1040. The van der Waals surface area contributed by atoms with Crippen molar-refractivity contribution in [1.29, 1.82) is 0 Å². The van der Waals surface area contributed by atoms with Crippen LogP contribution < -0.4 is 5.32 Å². The highest BCUT2D eigenvalue weighted by Crippen LogP contribution is 2.25. The van der Waals surface area contributed by atoms with Crippen LogP contribution in [0.5, 0.6) is 0 Å². The van der Waals surface area contributed by atoms with E-state index in [0.29, 0.717) is 16.9 Å². The lowest BCUT2D eigenvalue weighted by Crippen LogP contribution is -2.12. The van der Waals surface area contributed by atoms with Gasteiger partial charge in [-0.25, -0.2) is 4.68 Å². The number of amides is 1. The topological polar surface area (TPSA) is 133 Å². The lowest BCUT2D eigenvalue weighted by Gasteiger charge is -2.07. The van der Waals surface area contributed by atoms with E-state index in [9.17, 15) is 25.0 Å². The zero-order chi connectivity index (χ0) is 19.6. The van der Waals surface area contributed by atoms with E-state index in [2.05, 4.69) is 10.4 Å². The van der Waals surface area contributed by atoms with Gasteiger partial charge in [-0.1, -0.05) is 6.07 Å². The molecule has 0 aliphatic rings. The summed E-state index contributed by atoms with van der Waals surface area (Å²) in [5, 5.41) is 28.4. The predicted molar refractivity (Wildman–Crippen MR) is 96.0 cm³/mol. The molecule has 1 heterocycles. The first-order chi connectivity index (χ1) is 12.9. The minimum absolute atomic E-state index is 0.0509. The number of non-ortho nitro benzene ring substituents is 1. The lowest BCUT2D eigenvalue weighted by atomic mass is 10.1. The summed E-state index contributed by atoms with van der Waals surface area (Å²) in [5.74, 6) is -0.480. The molecule has 0 spiro atoms. The van der Waals surface area contributed by atoms with Gasteiger partial charge in [-0.05, 0) is 25.1 Å². The first-order valence-electron chi connectivity index (χ1n) is 7.71. The highest BCUT2D eigenvalue weighted by molar-refractivity contribution is 6.04. The molecule has 0 saturated heterocycles. The summed E-state index contributed by atoms with van der Waals surface area (Å²) < 4.78 is 1.40. The summed E-state index contributed by atoms with van der Waals surface area (Å²) in [4.78, 5) is 33.1. The number of nitrogens with one attached hydrogen (secondary N) is 1. The summed E-state index contributed by atoms with van der Waals surface area (Å²) in [6, 6.07) is 10.1. The van der Waals surface area contributed by atoms with Gasteiger partial charge in [-0.15, -0.1) is 0 Å². The molecule has 1 aromatic heterocycles. The number of nitro benzene ring substituents is 2. The first-order valence-corrected chi connectivity index (χ1v) is 7.71. The lowest BCUT2D eigenvalue weighted by molar-refractivity contribution is -0.385. The molecule has 0 bridgehead atoms. The number of benzene rings is 2. The van der Waals surface area contributed by atoms with Crippen LogP contribution in [0.4, 0.5) is 17.1 Å². The zero-order valence-corrected chi connectivity index (χ0v) is 14.0. The summed E-state index contributed by atoms with van der Waals surface area (Å²) in [7, 11) is 0. The van der Waals surface area contributed by atoms with E-state index in [0.717, 1.165) is 0 Å². The molecule has 27 heavy (non-hydrogen) atoms. The van der Waals surface area contributed by atoms with Crippen LogP contribution in [-0.4, -0.2) is 25.5 Å². The molecular formula is C17H13N5O5. The molecule has 0 unspecified atom stereocenters. The molecule has 3 rings (SSSR count). The maximum absolute atomic E-state index is 12.4. The van der Waals surface area contributed by atoms with Crippen molar-refractivity contribution in [3.8, 4) is 5.69 Å². The van der Waals surface area contributed by atoms with Crippen molar-refractivity contribution in [3.05, 3.63) is 86.2 Å². The van der Waals surface area contributed by atoms with Crippen LogP contribution in [0, 0.1) is 27.2 Å². The van der Waals surface area contributed by atoms with E-state index >= 15 is 0 Å². The number of carbonyl (C=O) groups is 1. The monoisotopic (exact) mass is 367 g/mol. The fourth-order valence-corrected chi connectivity index (χ4v) is 2.46. The van der Waals surface area contributed by atoms with Crippen LogP contribution in [0.1, 0.15) is 15.9 Å². The van der Waals surface area contributed by atoms with Crippen LogP contribution in [0.3, 0.4) is 0 Å². The molecule has 0 fully saturated rings. The van der Waals surface area contributed by atoms with Crippen molar-refractivity contribution >= 4 is 23.0 Å². The summed E-state index contributed by atoms with van der Waals surface area (Å²) in [6.07, 6.45) is 2.80. The van der Waals surface area contributed by atoms with E-state index in [4.69, 9.17) is 0 Å². The van der Waals surface area contributed by atoms with Gasteiger partial charge in [-0.3, -0.25) is 25.0 Å². The average molecular weight is 367 g/mol. The maximum atomic E-state index is 12.4. The molecule has 10 heteroatoms. The van der Waals surface area contributed by atoms with Gasteiger partial charge in [0, 0.05) is 24.4 Å². The highest BCUT2D eigenvalue weighted by Gasteiger charge is 2.16. The number of rotatable bonds is 5. The standard InChI is InChI=1S/C17H13N5O5/c1-11-15(3-2-4-16(11)22(26)27)19-17(23)12-9-18-20(10-12)13-5-7-14(8-6-13)21(24)25/h2-10H,1H3,(H,19,23). The summed E-state index contributed by atoms with van der Waals surface area (Å²) in [6.45, 7) is 1.55. The summed E-state index contributed by atoms with van der Waals surface area (Å²) >= 11 is 0. The Morgan fingerprint density at radius 3 is 2.41 bits per heavy atom. The third-order valence-corrected chi connectivity index (χ3v) is 3.92. The quantitative estimate of drug-likeness (QED) is 0.543. The molecule has 0 atom stereocenters. The fourth-order valence-electron chi connectivity index (χ4n) is 2.46. The number of nitrogens with zero attached hydrogens (tertiary/aromatic N) is 4. The third kappa shape index (κ3) is 3.63. The van der Waals surface area contributed by atoms with Gasteiger partial charge in [0.05, 0.1) is 38.5 Å². The Labute approximate surface area is 152 Å². The molecule has 1 N–H and O–H groups in total. The number of carbonyl (C=O) groups excluding carboxylic acids is 1. The fraction of sp³-hybridized carbons (Fsp3) is 0.0588. The Balaban J connectivity index is 1.80. The molecule has 0 aliphatic heterocycles. The second kappa shape index (κ2) is 7.04. The van der Waals surface area contributed by atoms with Gasteiger partial charge in [0.25, 0.3) is 17.3 Å². The number of hydrogen-bond donors (Lipinski definition) is 1. The molecule has 136 valence electrons. The van der Waals surface area contributed by atoms with Crippen molar-refractivity contribution in [2.45, 2.75) is 6.92 Å². The van der Waals surface area contributed by atoms with Crippen LogP contribution in [0.25, 0.3) is 5.69 Å². The molecule has 0 radical (unpaired) electrons. The van der Waals surface area contributed by atoms with E-state index in [1.165, 1.54) is 53.5 Å². The zero-order valence-electron chi connectivity index (χ0n) is 14.0. The van der Waals surface area contributed by atoms with Gasteiger partial charge in [0.2, 0.25) is 0 Å². The number of nitro groups is 2. The van der Waals surface area contributed by atoms with Gasteiger partial charge < -0.3 is 5.32 Å². The van der Waals surface area contributed by atoms with E-state index in [1.54, 1.807) is 13.0 Å². The van der Waals surface area contributed by atoms with Gasteiger partial charge in [0.1, 0.15) is 0 Å². The van der Waals surface area contributed by atoms with Crippen LogP contribution in [0.2, 0.25) is 0 Å². The molecule has 1 amide bonds. The normalized spacial score (nSPS) is 10.4. The number of anilines is 1. The number of aromatic nitrogens is 2. The maximum Gasteiger partial charge on any atom is 0.274 e. The molecule has 0 saturated carbocycles.